The quantitative estimate of drug-likeness (QED) is 0.833. The van der Waals surface area contributed by atoms with Gasteiger partial charge in [-0.1, -0.05) is 23.7 Å². The number of halogens is 1. The van der Waals surface area contributed by atoms with Crippen LogP contribution < -0.4 is 5.32 Å². The average Bonchev–Trinajstić information content (AvgIpc) is 2.34. The van der Waals surface area contributed by atoms with Gasteiger partial charge in [0, 0.05) is 24.9 Å². The lowest BCUT2D eigenvalue weighted by atomic mass is 10.1. The van der Waals surface area contributed by atoms with Gasteiger partial charge in [0.15, 0.2) is 0 Å². The van der Waals surface area contributed by atoms with Crippen molar-refractivity contribution in [2.24, 2.45) is 0 Å². The predicted molar refractivity (Wildman–Crippen MR) is 69.3 cm³/mol. The van der Waals surface area contributed by atoms with Crippen LogP contribution in [0.4, 0.5) is 0 Å². The highest BCUT2D eigenvalue weighted by molar-refractivity contribution is 6.31. The molecule has 0 saturated heterocycles. The number of hydrogen-bond acceptors (Lipinski definition) is 3. The smallest absolute Gasteiger partial charge is 0.305 e. The summed E-state index contributed by atoms with van der Waals surface area (Å²) in [5, 5.41) is 3.30. The number of esters is 1. The molecular weight excluding hydrogens is 254 g/mol. The molecule has 0 aromatic heterocycles. The van der Waals surface area contributed by atoms with E-state index in [1.807, 2.05) is 12.1 Å². The van der Waals surface area contributed by atoms with Crippen molar-refractivity contribution in [3.63, 3.8) is 0 Å². The lowest BCUT2D eigenvalue weighted by Gasteiger charge is -2.07. The van der Waals surface area contributed by atoms with E-state index in [9.17, 15) is 9.59 Å². The third kappa shape index (κ3) is 4.75. The molecule has 0 fully saturated rings. The normalized spacial score (nSPS) is 9.94. The van der Waals surface area contributed by atoms with E-state index < -0.39 is 0 Å². The molecule has 0 aliphatic carbocycles. The molecule has 5 heteroatoms. The number of ether oxygens (including phenoxy) is 1. The highest BCUT2D eigenvalue weighted by Crippen LogP contribution is 2.19. The Bertz CT molecular complexity index is 446. The van der Waals surface area contributed by atoms with Crippen LogP contribution >= 0.6 is 11.6 Å². The predicted octanol–water partition coefficient (Wildman–Crippen LogP) is 2.08. The molecule has 0 saturated carbocycles. The average molecular weight is 270 g/mol. The molecule has 0 spiro atoms. The number of methoxy groups -OCH3 is 1. The Morgan fingerprint density at radius 3 is 2.67 bits per heavy atom. The van der Waals surface area contributed by atoms with Crippen LogP contribution in [0.3, 0.4) is 0 Å². The molecule has 0 aliphatic heterocycles. The summed E-state index contributed by atoms with van der Waals surface area (Å²) in [6, 6.07) is 5.54. The zero-order chi connectivity index (χ0) is 13.5. The SMILES string of the molecule is COC(=O)CCc1ccc(CNC(C)=O)cc1Cl. The summed E-state index contributed by atoms with van der Waals surface area (Å²) in [6.45, 7) is 1.92. The largest absolute Gasteiger partial charge is 0.469 e. The lowest BCUT2D eigenvalue weighted by Crippen LogP contribution is -2.18. The van der Waals surface area contributed by atoms with Crippen molar-refractivity contribution in [2.45, 2.75) is 26.3 Å². The number of benzene rings is 1. The molecule has 4 nitrogen and oxygen atoms in total. The molecule has 1 N–H and O–H groups in total. The van der Waals surface area contributed by atoms with Gasteiger partial charge in [0.25, 0.3) is 0 Å². The number of hydrogen-bond donors (Lipinski definition) is 1. The van der Waals surface area contributed by atoms with E-state index in [0.717, 1.165) is 11.1 Å². The monoisotopic (exact) mass is 269 g/mol. The maximum atomic E-state index is 11.0. The van der Waals surface area contributed by atoms with Crippen LogP contribution in [0, 0.1) is 0 Å². The molecule has 1 aromatic carbocycles. The van der Waals surface area contributed by atoms with Gasteiger partial charge in [0.2, 0.25) is 5.91 Å². The van der Waals surface area contributed by atoms with E-state index in [4.69, 9.17) is 11.6 Å². The van der Waals surface area contributed by atoms with Crippen LogP contribution in [0.1, 0.15) is 24.5 Å². The Morgan fingerprint density at radius 2 is 2.11 bits per heavy atom. The van der Waals surface area contributed by atoms with Crippen LogP contribution in [0.15, 0.2) is 18.2 Å². The summed E-state index contributed by atoms with van der Waals surface area (Å²) in [4.78, 5) is 21.8. The van der Waals surface area contributed by atoms with E-state index in [1.165, 1.54) is 14.0 Å². The zero-order valence-electron chi connectivity index (χ0n) is 10.5. The minimum absolute atomic E-state index is 0.0825. The summed E-state index contributed by atoms with van der Waals surface area (Å²) in [5.74, 6) is -0.339. The molecule has 18 heavy (non-hydrogen) atoms. The van der Waals surface area contributed by atoms with Crippen molar-refractivity contribution >= 4 is 23.5 Å². The van der Waals surface area contributed by atoms with Gasteiger partial charge >= 0.3 is 5.97 Å². The van der Waals surface area contributed by atoms with Gasteiger partial charge in [0.05, 0.1) is 7.11 Å². The highest BCUT2D eigenvalue weighted by Gasteiger charge is 2.06. The molecule has 1 amide bonds. The fourth-order valence-corrected chi connectivity index (χ4v) is 1.77. The zero-order valence-corrected chi connectivity index (χ0v) is 11.2. The first-order valence-electron chi connectivity index (χ1n) is 5.61. The minimum atomic E-state index is -0.256. The Labute approximate surface area is 111 Å². The van der Waals surface area contributed by atoms with E-state index >= 15 is 0 Å². The molecular formula is C13H16ClNO3. The standard InChI is InChI=1S/C13H16ClNO3/c1-9(16)15-8-10-3-4-11(12(14)7-10)5-6-13(17)18-2/h3-4,7H,5-6,8H2,1-2H3,(H,15,16). The van der Waals surface area contributed by atoms with E-state index in [1.54, 1.807) is 6.07 Å². The summed E-state index contributed by atoms with van der Waals surface area (Å²) in [5.41, 5.74) is 1.82. The second-order valence-electron chi connectivity index (χ2n) is 3.91. The van der Waals surface area contributed by atoms with Gasteiger partial charge in [-0.3, -0.25) is 9.59 Å². The maximum Gasteiger partial charge on any atom is 0.305 e. The molecule has 1 rings (SSSR count). The molecule has 98 valence electrons. The van der Waals surface area contributed by atoms with Crippen LogP contribution in [-0.4, -0.2) is 19.0 Å². The second-order valence-corrected chi connectivity index (χ2v) is 4.32. The summed E-state index contributed by atoms with van der Waals surface area (Å²) < 4.78 is 4.57. The Kier molecular flexibility index (Phi) is 5.65. The number of rotatable bonds is 5. The molecule has 0 bridgehead atoms. The van der Waals surface area contributed by atoms with E-state index in [-0.39, 0.29) is 11.9 Å². The third-order valence-corrected chi connectivity index (χ3v) is 2.84. The van der Waals surface area contributed by atoms with Gasteiger partial charge in [0.1, 0.15) is 0 Å². The first-order chi connectivity index (χ1) is 8.52. The fourth-order valence-electron chi connectivity index (χ4n) is 1.47. The second kappa shape index (κ2) is 7.01. The Balaban J connectivity index is 2.61. The van der Waals surface area contributed by atoms with Crippen LogP contribution in [0.5, 0.6) is 0 Å². The number of nitrogens with one attached hydrogen (secondary N) is 1. The number of carbonyl (C=O) groups excluding carboxylic acids is 2. The first-order valence-corrected chi connectivity index (χ1v) is 5.99. The topological polar surface area (TPSA) is 55.4 Å². The van der Waals surface area contributed by atoms with Crippen molar-refractivity contribution in [2.75, 3.05) is 7.11 Å². The van der Waals surface area contributed by atoms with Gasteiger partial charge in [-0.15, -0.1) is 0 Å². The molecule has 0 heterocycles. The fraction of sp³-hybridized carbons (Fsp3) is 0.385. The van der Waals surface area contributed by atoms with E-state index in [2.05, 4.69) is 10.1 Å². The van der Waals surface area contributed by atoms with Crippen molar-refractivity contribution < 1.29 is 14.3 Å². The third-order valence-electron chi connectivity index (χ3n) is 2.49. The number of amides is 1. The van der Waals surface area contributed by atoms with E-state index in [0.29, 0.717) is 24.4 Å². The van der Waals surface area contributed by atoms with Crippen molar-refractivity contribution in [1.82, 2.24) is 5.32 Å². The van der Waals surface area contributed by atoms with Gasteiger partial charge in [-0.05, 0) is 23.6 Å². The number of aryl methyl sites for hydroxylation is 1. The summed E-state index contributed by atoms with van der Waals surface area (Å²) in [7, 11) is 1.36. The van der Waals surface area contributed by atoms with Crippen LogP contribution in [0.2, 0.25) is 5.02 Å². The Morgan fingerprint density at radius 1 is 1.39 bits per heavy atom. The minimum Gasteiger partial charge on any atom is -0.469 e. The first kappa shape index (κ1) is 14.5. The maximum absolute atomic E-state index is 11.0. The lowest BCUT2D eigenvalue weighted by molar-refractivity contribution is -0.140. The summed E-state index contributed by atoms with van der Waals surface area (Å²) in [6.07, 6.45) is 0.854. The molecule has 0 unspecified atom stereocenters. The van der Waals surface area contributed by atoms with Crippen molar-refractivity contribution in [3.8, 4) is 0 Å². The summed E-state index contributed by atoms with van der Waals surface area (Å²) >= 11 is 6.11. The van der Waals surface area contributed by atoms with Gasteiger partial charge < -0.3 is 10.1 Å². The molecule has 0 radical (unpaired) electrons. The molecule has 0 aliphatic rings. The van der Waals surface area contributed by atoms with Gasteiger partial charge in [-0.2, -0.15) is 0 Å². The number of carbonyl (C=O) groups is 2. The van der Waals surface area contributed by atoms with Crippen molar-refractivity contribution in [3.05, 3.63) is 34.3 Å². The van der Waals surface area contributed by atoms with Gasteiger partial charge in [-0.25, -0.2) is 0 Å². The van der Waals surface area contributed by atoms with Crippen LogP contribution in [-0.2, 0) is 27.3 Å². The van der Waals surface area contributed by atoms with Crippen molar-refractivity contribution in [1.29, 1.82) is 0 Å². The Hall–Kier alpha value is -1.55. The van der Waals surface area contributed by atoms with Crippen LogP contribution in [0.25, 0.3) is 0 Å². The highest BCUT2D eigenvalue weighted by atomic mass is 35.5. The molecule has 0 atom stereocenters. The molecule has 1 aromatic rings.